The first-order valence-corrected chi connectivity index (χ1v) is 14.4. The summed E-state index contributed by atoms with van der Waals surface area (Å²) in [6.07, 6.45) is 0. The third kappa shape index (κ3) is 7.02. The number of hydrogen-bond donors (Lipinski definition) is 5. The second-order valence-electron chi connectivity index (χ2n) is 10.2. The number of nitrogen functional groups attached to an aromatic ring is 2. The molecule has 7 N–H and O–H groups in total. The maximum atomic E-state index is 13.6. The van der Waals surface area contributed by atoms with Crippen molar-refractivity contribution < 1.29 is 48.4 Å². The third-order valence-electron chi connectivity index (χ3n) is 7.31. The van der Waals surface area contributed by atoms with E-state index < -0.39 is 48.7 Å². The Kier molecular flexibility index (Phi) is 10.8. The fraction of sp³-hybridized carbons (Fsp3) is 0.233. The fourth-order valence-corrected chi connectivity index (χ4v) is 5.61. The van der Waals surface area contributed by atoms with Crippen LogP contribution in [0.5, 0.6) is 5.75 Å². The van der Waals surface area contributed by atoms with Gasteiger partial charge in [-0.15, -0.1) is 0 Å². The number of aliphatic carboxylic acids is 1. The quantitative estimate of drug-likeness (QED) is 0.0520. The van der Waals surface area contributed by atoms with Gasteiger partial charge in [0.25, 0.3) is 12.9 Å². The van der Waals surface area contributed by atoms with Gasteiger partial charge in [0.15, 0.2) is 0 Å². The van der Waals surface area contributed by atoms with Crippen LogP contribution in [0.4, 0.5) is 11.4 Å². The van der Waals surface area contributed by atoms with E-state index in [0.29, 0.717) is 0 Å². The van der Waals surface area contributed by atoms with Gasteiger partial charge in [-0.3, -0.25) is 24.1 Å². The van der Waals surface area contributed by atoms with Crippen LogP contribution in [0.15, 0.2) is 33.5 Å². The first kappa shape index (κ1) is 34.8. The Hall–Kier alpha value is -5.09. The fourth-order valence-electron chi connectivity index (χ4n) is 5.17. The van der Waals surface area contributed by atoms with E-state index in [4.69, 9.17) is 48.6 Å². The average molecular weight is 691 g/mol. The number of ether oxygens (including phenoxy) is 2. The zero-order chi connectivity index (χ0) is 34.6. The molecule has 4 rings (SSSR count). The van der Waals surface area contributed by atoms with Gasteiger partial charge < -0.3 is 40.7 Å². The number of halogens is 2. The number of carboxylic acid groups (broad SMARTS) is 2. The predicted molar refractivity (Wildman–Crippen MR) is 170 cm³/mol. The predicted octanol–water partition coefficient (Wildman–Crippen LogP) is 3.41. The number of aromatic hydroxyl groups is 1. The summed E-state index contributed by atoms with van der Waals surface area (Å²) in [4.78, 5) is 62.3. The molecule has 0 bridgehead atoms. The summed E-state index contributed by atoms with van der Waals surface area (Å²) >= 11 is 12.9. The van der Waals surface area contributed by atoms with Crippen molar-refractivity contribution in [2.24, 2.45) is 0 Å². The summed E-state index contributed by atoms with van der Waals surface area (Å²) in [5.41, 5.74) is 10.8. The minimum atomic E-state index is -1.44. The molecular formula is C30H28Cl2N4O11. The van der Waals surface area contributed by atoms with Crippen molar-refractivity contribution in [1.29, 1.82) is 0 Å². The molecular weight excluding hydrogens is 663 g/mol. The van der Waals surface area contributed by atoms with Crippen LogP contribution >= 0.6 is 23.2 Å². The number of nitrogens with two attached hydrogens (primary N) is 2. The number of nitrogens with zero attached hydrogens (tertiary/aromatic N) is 2. The molecule has 2 aliphatic rings. The van der Waals surface area contributed by atoms with E-state index in [0.717, 1.165) is 0 Å². The first-order valence-electron chi connectivity index (χ1n) is 13.6. The molecule has 1 heterocycles. The van der Waals surface area contributed by atoms with E-state index in [2.05, 4.69) is 0 Å². The summed E-state index contributed by atoms with van der Waals surface area (Å²) in [6.45, 7) is 0.380. The van der Waals surface area contributed by atoms with E-state index in [1.807, 2.05) is 0 Å². The van der Waals surface area contributed by atoms with Crippen molar-refractivity contribution in [1.82, 2.24) is 9.80 Å². The Morgan fingerprint density at radius 1 is 0.957 bits per heavy atom. The van der Waals surface area contributed by atoms with Gasteiger partial charge in [-0.05, 0) is 30.3 Å². The smallest absolute Gasteiger partial charge is 0.338 e. The summed E-state index contributed by atoms with van der Waals surface area (Å²) in [6, 6.07) is 5.36. The zero-order valence-corrected chi connectivity index (χ0v) is 26.1. The second-order valence-corrected chi connectivity index (χ2v) is 11.0. The highest BCUT2D eigenvalue weighted by Crippen LogP contribution is 2.48. The molecule has 0 saturated carbocycles. The molecule has 0 amide bonds. The van der Waals surface area contributed by atoms with E-state index in [1.165, 1.54) is 34.1 Å². The molecule has 248 valence electrons. The van der Waals surface area contributed by atoms with Crippen molar-refractivity contribution in [3.05, 3.63) is 61.2 Å². The van der Waals surface area contributed by atoms with Crippen LogP contribution in [-0.4, -0.2) is 76.6 Å². The average Bonchev–Trinajstić information content (AvgIpc) is 3.02. The van der Waals surface area contributed by atoms with Crippen molar-refractivity contribution >= 4 is 70.4 Å². The number of benzene rings is 3. The molecule has 1 aliphatic heterocycles. The zero-order valence-electron chi connectivity index (χ0n) is 24.6. The highest BCUT2D eigenvalue weighted by Gasteiger charge is 2.31. The number of rotatable bonds is 15. The van der Waals surface area contributed by atoms with Crippen LogP contribution in [-0.2, 0) is 36.9 Å². The summed E-state index contributed by atoms with van der Waals surface area (Å²) in [7, 11) is 0. The van der Waals surface area contributed by atoms with Crippen LogP contribution < -0.4 is 16.9 Å². The lowest BCUT2D eigenvalue weighted by molar-refractivity contribution is -0.142. The van der Waals surface area contributed by atoms with Gasteiger partial charge >= 0.3 is 11.9 Å². The molecule has 47 heavy (non-hydrogen) atoms. The van der Waals surface area contributed by atoms with Gasteiger partial charge in [0.1, 0.15) is 30.6 Å². The van der Waals surface area contributed by atoms with Crippen LogP contribution in [0.25, 0.3) is 33.4 Å². The molecule has 1 aliphatic carbocycles. The Bertz CT molecular complexity index is 1900. The van der Waals surface area contributed by atoms with Crippen molar-refractivity contribution in [3.63, 3.8) is 0 Å². The monoisotopic (exact) mass is 690 g/mol. The first-order chi connectivity index (χ1) is 22.3. The van der Waals surface area contributed by atoms with Crippen LogP contribution in [0.1, 0.15) is 28.4 Å². The van der Waals surface area contributed by atoms with Gasteiger partial charge in [0.05, 0.1) is 44.7 Å². The number of phenols is 1. The van der Waals surface area contributed by atoms with Gasteiger partial charge in [-0.25, -0.2) is 9.69 Å². The Morgan fingerprint density at radius 2 is 1.60 bits per heavy atom. The Labute approximate surface area is 275 Å². The summed E-state index contributed by atoms with van der Waals surface area (Å²) < 4.78 is 16.0. The van der Waals surface area contributed by atoms with Gasteiger partial charge in [0.2, 0.25) is 5.43 Å². The number of carbonyl (C=O) groups excluding carboxylic acids is 2. The molecule has 0 aromatic heterocycles. The lowest BCUT2D eigenvalue weighted by Crippen LogP contribution is -2.31. The lowest BCUT2D eigenvalue weighted by atomic mass is 9.87. The SMILES string of the molecule is CCN(CC(=O)O)Cc1c(O)c(Cl)cc2c(-c3ccc(N)c(N)c3C(=O)O)c3cc(Cl)c(=O)c(CN(COC=O)COC=O)c-3oc12. The van der Waals surface area contributed by atoms with Crippen molar-refractivity contribution in [3.8, 4) is 28.2 Å². The molecule has 0 atom stereocenters. The number of carboxylic acids is 2. The summed E-state index contributed by atoms with van der Waals surface area (Å²) in [5.74, 6) is -3.18. The molecule has 2 aromatic rings. The van der Waals surface area contributed by atoms with Crippen LogP contribution in [0.2, 0.25) is 10.0 Å². The normalized spacial score (nSPS) is 11.3. The number of fused-ring (bicyclic) bond motifs is 2. The minimum Gasteiger partial charge on any atom is -0.506 e. The molecule has 17 heteroatoms. The number of carbonyl (C=O) groups is 4. The number of likely N-dealkylation sites (N-methyl/N-ethyl adjacent to an activating group) is 1. The summed E-state index contributed by atoms with van der Waals surface area (Å²) in [5, 5.41) is 30.5. The van der Waals surface area contributed by atoms with Crippen molar-refractivity contribution in [2.45, 2.75) is 20.0 Å². The van der Waals surface area contributed by atoms with Gasteiger partial charge in [-0.2, -0.15) is 0 Å². The second kappa shape index (κ2) is 14.6. The Balaban J connectivity index is 2.21. The maximum Gasteiger partial charge on any atom is 0.338 e. The number of aromatic carboxylic acids is 1. The van der Waals surface area contributed by atoms with Crippen LogP contribution in [0.3, 0.4) is 0 Å². The van der Waals surface area contributed by atoms with E-state index in [9.17, 15) is 39.3 Å². The number of phenolic OH excluding ortho intramolecular Hbond substituents is 1. The molecule has 0 fully saturated rings. The largest absolute Gasteiger partial charge is 0.506 e. The lowest BCUT2D eigenvalue weighted by Gasteiger charge is -2.25. The van der Waals surface area contributed by atoms with Crippen LogP contribution in [0, 0.1) is 0 Å². The minimum absolute atomic E-state index is 0.0201. The number of hydrogen-bond acceptors (Lipinski definition) is 13. The van der Waals surface area contributed by atoms with Gasteiger partial charge in [-0.1, -0.05) is 36.2 Å². The molecule has 0 radical (unpaired) electrons. The molecule has 0 saturated heterocycles. The third-order valence-corrected chi connectivity index (χ3v) is 7.88. The van der Waals surface area contributed by atoms with E-state index >= 15 is 0 Å². The van der Waals surface area contributed by atoms with E-state index in [1.54, 1.807) is 6.92 Å². The Morgan fingerprint density at radius 3 is 2.17 bits per heavy atom. The standard InChI is InChI=1S/C30H28Cl2N4O11/c1-2-35(9-22(39)40)7-17-26(41)19(31)5-15-23(14-3-4-21(33)25(34)24(14)30(43)44)16-6-20(32)27(42)18(29(16)47-28(15)17)8-36(10-45-12-37)11-46-13-38/h3-6,12-13,41H,2,7-11,33-34H2,1H3,(H,39,40)(H,43,44). The molecule has 0 unspecified atom stereocenters. The molecule has 0 spiro atoms. The topological polar surface area (TPSA) is 236 Å². The number of anilines is 2. The maximum absolute atomic E-state index is 13.6. The van der Waals surface area contributed by atoms with Crippen molar-refractivity contribution in [2.75, 3.05) is 38.0 Å². The molecule has 2 aromatic carbocycles. The highest BCUT2D eigenvalue weighted by molar-refractivity contribution is 6.33. The van der Waals surface area contributed by atoms with E-state index in [-0.39, 0.29) is 98.5 Å². The highest BCUT2D eigenvalue weighted by atomic mass is 35.5. The van der Waals surface area contributed by atoms with Gasteiger partial charge in [0, 0.05) is 29.6 Å². The molecule has 15 nitrogen and oxygen atoms in total.